The number of carbonyl (C=O) groups excluding carboxylic acids is 2. The van der Waals surface area contributed by atoms with Gasteiger partial charge in [-0.3, -0.25) is 4.79 Å². The maximum Gasteiger partial charge on any atom is 0.338 e. The van der Waals surface area contributed by atoms with Crippen LogP contribution < -0.4 is 5.32 Å². The number of esters is 1. The van der Waals surface area contributed by atoms with Gasteiger partial charge in [0, 0.05) is 15.5 Å². The highest BCUT2D eigenvalue weighted by Crippen LogP contribution is 2.29. The highest BCUT2D eigenvalue weighted by Gasteiger charge is 2.24. The summed E-state index contributed by atoms with van der Waals surface area (Å²) < 4.78 is 6.18. The fourth-order valence-electron chi connectivity index (χ4n) is 4.49. The number of benzene rings is 1. The van der Waals surface area contributed by atoms with Crippen LogP contribution in [0.3, 0.4) is 0 Å². The first-order valence-corrected chi connectivity index (χ1v) is 13.6. The molecule has 0 saturated heterocycles. The van der Waals surface area contributed by atoms with E-state index in [-0.39, 0.29) is 24.4 Å². The van der Waals surface area contributed by atoms with Crippen LogP contribution in [0.15, 0.2) is 77.6 Å². The molecule has 1 N–H and O–H groups in total. The summed E-state index contributed by atoms with van der Waals surface area (Å²) in [6.07, 6.45) is 17.0. The van der Waals surface area contributed by atoms with Gasteiger partial charge in [-0.2, -0.15) is 0 Å². The molecule has 3 unspecified atom stereocenters. The maximum atomic E-state index is 13.2. The summed E-state index contributed by atoms with van der Waals surface area (Å²) in [4.78, 5) is 25.9. The van der Waals surface area contributed by atoms with Crippen molar-refractivity contribution in [3.63, 3.8) is 0 Å². The molecular weight excluding hydrogens is 537 g/mol. The van der Waals surface area contributed by atoms with Gasteiger partial charge in [0.15, 0.2) is 0 Å². The fraction of sp³-hybridized carbons (Fsp3) is 0.448. The number of nitrogens with one attached hydrogen (secondary N) is 1. The standard InChI is InChI=1S/C29H36INO3/c1-21-13-14-24(29(33)34-20-23-9-5-3-6-10-23)15-16-27(19-21)31-28(32)25-11-7-4-8-12-26(30)18-22(2)17-25/h3,5-6,9-10,13-16,19,22,25-26H,4,7-8,11-12,17-18,20H2,1-2H3,(H,31,32)/b14-13?,16-15-,21-13?,21-19?,24-14+,24-15?,27-16?,27-19?. The Bertz CT molecular complexity index is 961. The maximum absolute atomic E-state index is 13.2. The van der Waals surface area contributed by atoms with E-state index in [2.05, 4.69) is 34.8 Å². The van der Waals surface area contributed by atoms with Crippen molar-refractivity contribution >= 4 is 34.5 Å². The lowest BCUT2D eigenvalue weighted by Gasteiger charge is -2.24. The molecule has 0 radical (unpaired) electrons. The largest absolute Gasteiger partial charge is 0.457 e. The van der Waals surface area contributed by atoms with Crippen molar-refractivity contribution in [1.29, 1.82) is 0 Å². The summed E-state index contributed by atoms with van der Waals surface area (Å²) in [5, 5.41) is 3.13. The van der Waals surface area contributed by atoms with E-state index in [0.29, 0.717) is 21.1 Å². The van der Waals surface area contributed by atoms with Crippen LogP contribution in [0.25, 0.3) is 0 Å². The third-order valence-corrected chi connectivity index (χ3v) is 7.48. The molecule has 3 atom stereocenters. The SMILES string of the molecule is CC1=C/C=C(C(=O)OCc2ccccc2)\C=C/C(NC(=O)C2CCCCCC(I)CC(C)C2)=C1. The second kappa shape index (κ2) is 13.7. The van der Waals surface area contributed by atoms with Crippen LogP contribution in [-0.4, -0.2) is 15.8 Å². The normalized spacial score (nSPS) is 26.4. The summed E-state index contributed by atoms with van der Waals surface area (Å²) in [6, 6.07) is 9.63. The van der Waals surface area contributed by atoms with Gasteiger partial charge in [0.25, 0.3) is 0 Å². The highest BCUT2D eigenvalue weighted by atomic mass is 127. The number of allylic oxidation sites excluding steroid dienone is 5. The average molecular weight is 574 g/mol. The van der Waals surface area contributed by atoms with Crippen molar-refractivity contribution in [3.8, 4) is 0 Å². The second-order valence-corrected chi connectivity index (χ2v) is 11.3. The number of hydrogen-bond acceptors (Lipinski definition) is 3. The lowest BCUT2D eigenvalue weighted by atomic mass is 9.86. The Morgan fingerprint density at radius 1 is 1.03 bits per heavy atom. The predicted octanol–water partition coefficient (Wildman–Crippen LogP) is 6.97. The Morgan fingerprint density at radius 3 is 2.59 bits per heavy atom. The minimum absolute atomic E-state index is 0.0200. The molecule has 34 heavy (non-hydrogen) atoms. The Hall–Kier alpha value is -2.15. The molecule has 0 spiro atoms. The van der Waals surface area contributed by atoms with E-state index in [1.165, 1.54) is 25.7 Å². The quantitative estimate of drug-likeness (QED) is 0.235. The monoisotopic (exact) mass is 573 g/mol. The third-order valence-electron chi connectivity index (χ3n) is 6.35. The number of hydrogen-bond donors (Lipinski definition) is 1. The van der Waals surface area contributed by atoms with Crippen molar-refractivity contribution in [1.82, 2.24) is 5.32 Å². The molecular formula is C29H36INO3. The molecule has 0 aromatic heterocycles. The molecule has 0 aliphatic heterocycles. The molecule has 4 nitrogen and oxygen atoms in total. The van der Waals surface area contributed by atoms with Gasteiger partial charge in [0.1, 0.15) is 6.61 Å². The van der Waals surface area contributed by atoms with Gasteiger partial charge in [-0.05, 0) is 74.0 Å². The average Bonchev–Trinajstić information content (AvgIpc) is 2.80. The minimum atomic E-state index is -0.383. The smallest absolute Gasteiger partial charge is 0.338 e. The van der Waals surface area contributed by atoms with Crippen LogP contribution in [0.5, 0.6) is 0 Å². The zero-order valence-electron chi connectivity index (χ0n) is 20.3. The molecule has 5 heteroatoms. The molecule has 1 aromatic rings. The van der Waals surface area contributed by atoms with Gasteiger partial charge >= 0.3 is 5.97 Å². The molecule has 2 aliphatic rings. The van der Waals surface area contributed by atoms with Crippen molar-refractivity contribution < 1.29 is 14.3 Å². The first-order chi connectivity index (χ1) is 16.4. The van der Waals surface area contributed by atoms with E-state index in [0.717, 1.165) is 30.4 Å². The summed E-state index contributed by atoms with van der Waals surface area (Å²) in [7, 11) is 0. The molecule has 3 rings (SSSR count). The molecule has 1 fully saturated rings. The third kappa shape index (κ3) is 8.90. The van der Waals surface area contributed by atoms with Gasteiger partial charge in [-0.25, -0.2) is 4.79 Å². The minimum Gasteiger partial charge on any atom is -0.457 e. The summed E-state index contributed by atoms with van der Waals surface area (Å²) in [5.74, 6) is 0.255. The lowest BCUT2D eigenvalue weighted by molar-refractivity contribution is -0.139. The van der Waals surface area contributed by atoms with Crippen LogP contribution in [0.4, 0.5) is 0 Å². The molecule has 1 saturated carbocycles. The Kier molecular flexibility index (Phi) is 10.6. The fourth-order valence-corrected chi connectivity index (χ4v) is 5.80. The summed E-state index contributed by atoms with van der Waals surface area (Å²) in [5.41, 5.74) is 3.06. The molecule has 0 bridgehead atoms. The first kappa shape index (κ1) is 26.5. The number of alkyl halides is 1. The second-order valence-electron chi connectivity index (χ2n) is 9.53. The predicted molar refractivity (Wildman–Crippen MR) is 146 cm³/mol. The van der Waals surface area contributed by atoms with Crippen molar-refractivity contribution in [2.24, 2.45) is 11.8 Å². The zero-order valence-corrected chi connectivity index (χ0v) is 22.4. The van der Waals surface area contributed by atoms with E-state index in [1.807, 2.05) is 49.4 Å². The van der Waals surface area contributed by atoms with E-state index >= 15 is 0 Å². The van der Waals surface area contributed by atoms with Crippen molar-refractivity contribution in [2.45, 2.75) is 69.3 Å². The Morgan fingerprint density at radius 2 is 1.79 bits per heavy atom. The Labute approximate surface area is 217 Å². The number of rotatable bonds is 5. The van der Waals surface area contributed by atoms with Crippen LogP contribution in [0.2, 0.25) is 0 Å². The summed E-state index contributed by atoms with van der Waals surface area (Å²) >= 11 is 2.57. The number of amides is 1. The first-order valence-electron chi connectivity index (χ1n) is 12.3. The van der Waals surface area contributed by atoms with Gasteiger partial charge < -0.3 is 10.1 Å². The van der Waals surface area contributed by atoms with E-state index in [4.69, 9.17) is 4.74 Å². The zero-order chi connectivity index (χ0) is 24.3. The number of carbonyl (C=O) groups is 2. The van der Waals surface area contributed by atoms with E-state index < -0.39 is 0 Å². The van der Waals surface area contributed by atoms with Gasteiger partial charge in [-0.15, -0.1) is 0 Å². The Balaban J connectivity index is 1.63. The summed E-state index contributed by atoms with van der Waals surface area (Å²) in [6.45, 7) is 4.46. The van der Waals surface area contributed by atoms with Crippen LogP contribution >= 0.6 is 22.6 Å². The van der Waals surface area contributed by atoms with E-state index in [1.54, 1.807) is 18.2 Å². The van der Waals surface area contributed by atoms with Gasteiger partial charge in [0.2, 0.25) is 5.91 Å². The number of ether oxygens (including phenoxy) is 1. The molecule has 1 amide bonds. The number of halogens is 1. The van der Waals surface area contributed by atoms with Crippen LogP contribution in [-0.2, 0) is 20.9 Å². The molecule has 1 aromatic carbocycles. The topological polar surface area (TPSA) is 55.4 Å². The lowest BCUT2D eigenvalue weighted by Crippen LogP contribution is -2.31. The molecule has 2 aliphatic carbocycles. The highest BCUT2D eigenvalue weighted by molar-refractivity contribution is 14.1. The van der Waals surface area contributed by atoms with Gasteiger partial charge in [0.05, 0.1) is 5.57 Å². The van der Waals surface area contributed by atoms with Crippen molar-refractivity contribution in [3.05, 3.63) is 83.1 Å². The molecule has 0 heterocycles. The van der Waals surface area contributed by atoms with Crippen LogP contribution in [0, 0.1) is 11.8 Å². The van der Waals surface area contributed by atoms with E-state index in [9.17, 15) is 9.59 Å². The van der Waals surface area contributed by atoms with Gasteiger partial charge in [-0.1, -0.05) is 85.2 Å². The van der Waals surface area contributed by atoms with Crippen LogP contribution in [0.1, 0.15) is 64.4 Å². The molecule has 182 valence electrons. The van der Waals surface area contributed by atoms with Crippen molar-refractivity contribution in [2.75, 3.05) is 0 Å².